The van der Waals surface area contributed by atoms with Crippen molar-refractivity contribution in [3.8, 4) is 11.8 Å². The van der Waals surface area contributed by atoms with E-state index >= 15 is 0 Å². The minimum atomic E-state index is -0.590. The molecule has 0 fully saturated rings. The zero-order chi connectivity index (χ0) is 13.8. The van der Waals surface area contributed by atoms with E-state index in [0.717, 1.165) is 0 Å². The van der Waals surface area contributed by atoms with Gasteiger partial charge in [-0.25, -0.2) is 0 Å². The summed E-state index contributed by atoms with van der Waals surface area (Å²) in [6, 6.07) is 12.8. The number of nitrogens with zero attached hydrogens (tertiary/aromatic N) is 2. The van der Waals surface area contributed by atoms with Crippen LogP contribution in [0.1, 0.15) is 5.56 Å². The average Bonchev–Trinajstić information content (AvgIpc) is 2.41. The largest absolute Gasteiger partial charge is 0.507 e. The van der Waals surface area contributed by atoms with Crippen LogP contribution in [-0.2, 0) is 0 Å². The minimum Gasteiger partial charge on any atom is -0.507 e. The summed E-state index contributed by atoms with van der Waals surface area (Å²) in [5, 5.41) is 29.3. The normalized spacial score (nSPS) is 9.84. The van der Waals surface area contributed by atoms with Gasteiger partial charge in [-0.05, 0) is 24.3 Å². The van der Waals surface area contributed by atoms with Crippen LogP contribution in [0.4, 0.5) is 5.69 Å². The maximum absolute atomic E-state index is 10.8. The molecule has 0 saturated carbocycles. The number of hydrogen-bond donors (Lipinski definition) is 1. The fourth-order valence-electron chi connectivity index (χ4n) is 1.49. The van der Waals surface area contributed by atoms with Crippen molar-refractivity contribution in [1.29, 1.82) is 5.26 Å². The molecule has 94 valence electrons. The van der Waals surface area contributed by atoms with Gasteiger partial charge in [-0.2, -0.15) is 5.26 Å². The molecule has 1 N–H and O–H groups in total. The number of phenolic OH excluding ortho intramolecular Hbond substituents is 1. The number of hydrogen-bond acceptors (Lipinski definition) is 5. The molecule has 0 aliphatic rings. The average molecular weight is 272 g/mol. The first-order valence-corrected chi connectivity index (χ1v) is 6.08. The molecule has 0 radical (unpaired) electrons. The highest BCUT2D eigenvalue weighted by Gasteiger charge is 2.15. The molecule has 0 saturated heterocycles. The van der Waals surface area contributed by atoms with Gasteiger partial charge < -0.3 is 5.11 Å². The molecule has 5 nitrogen and oxygen atoms in total. The van der Waals surface area contributed by atoms with Gasteiger partial charge in [0.05, 0.1) is 9.82 Å². The topological polar surface area (TPSA) is 87.2 Å². The molecule has 19 heavy (non-hydrogen) atoms. The molecule has 0 aliphatic carbocycles. The van der Waals surface area contributed by atoms with Crippen LogP contribution < -0.4 is 0 Å². The van der Waals surface area contributed by atoms with Crippen LogP contribution in [0.25, 0.3) is 0 Å². The third-order valence-corrected chi connectivity index (χ3v) is 3.43. The molecule has 2 aromatic carbocycles. The van der Waals surface area contributed by atoms with Gasteiger partial charge in [-0.1, -0.05) is 23.9 Å². The van der Waals surface area contributed by atoms with E-state index in [0.29, 0.717) is 9.79 Å². The second-order valence-corrected chi connectivity index (χ2v) is 4.73. The van der Waals surface area contributed by atoms with E-state index in [1.807, 2.05) is 0 Å². The zero-order valence-electron chi connectivity index (χ0n) is 9.61. The van der Waals surface area contributed by atoms with Crippen LogP contribution in [0, 0.1) is 21.4 Å². The van der Waals surface area contributed by atoms with E-state index in [-0.39, 0.29) is 17.0 Å². The Morgan fingerprint density at radius 3 is 2.63 bits per heavy atom. The summed E-state index contributed by atoms with van der Waals surface area (Å²) < 4.78 is 0. The molecule has 0 bridgehead atoms. The molecular weight excluding hydrogens is 264 g/mol. The highest BCUT2D eigenvalue weighted by atomic mass is 32.2. The fraction of sp³-hybridized carbons (Fsp3) is 0. The summed E-state index contributed by atoms with van der Waals surface area (Å²) in [5.41, 5.74) is -0.213. The van der Waals surface area contributed by atoms with Gasteiger partial charge in [-0.15, -0.1) is 0 Å². The molecule has 0 aromatic heterocycles. The number of benzene rings is 2. The number of phenols is 1. The molecule has 0 aliphatic heterocycles. The standard InChI is InChI=1S/C13H8N2O3S/c14-8-9-5-6-10(7-11(9)15(17)18)19-13-4-2-1-3-12(13)16/h1-7,16H. The van der Waals surface area contributed by atoms with E-state index in [1.165, 1.54) is 23.9 Å². The zero-order valence-corrected chi connectivity index (χ0v) is 10.4. The predicted molar refractivity (Wildman–Crippen MR) is 70.0 cm³/mol. The molecular formula is C13H8N2O3S. The Labute approximate surface area is 113 Å². The summed E-state index contributed by atoms with van der Waals surface area (Å²) in [6.07, 6.45) is 0. The summed E-state index contributed by atoms with van der Waals surface area (Å²) in [5.74, 6) is 0.111. The molecule has 0 spiro atoms. The minimum absolute atomic E-state index is 0.0200. The van der Waals surface area contributed by atoms with Crippen molar-refractivity contribution in [2.45, 2.75) is 9.79 Å². The van der Waals surface area contributed by atoms with E-state index in [9.17, 15) is 15.2 Å². The highest BCUT2D eigenvalue weighted by Crippen LogP contribution is 2.36. The Hall–Kier alpha value is -2.52. The smallest absolute Gasteiger partial charge is 0.288 e. The Morgan fingerprint density at radius 2 is 2.00 bits per heavy atom. The van der Waals surface area contributed by atoms with E-state index in [4.69, 9.17) is 5.26 Å². The van der Waals surface area contributed by atoms with Crippen LogP contribution in [0.15, 0.2) is 52.3 Å². The summed E-state index contributed by atoms with van der Waals surface area (Å²) >= 11 is 1.20. The van der Waals surface area contributed by atoms with Gasteiger partial charge in [-0.3, -0.25) is 10.1 Å². The number of nitro benzene ring substituents is 1. The monoisotopic (exact) mass is 272 g/mol. The second-order valence-electron chi connectivity index (χ2n) is 3.62. The van der Waals surface area contributed by atoms with Crippen LogP contribution in [0.3, 0.4) is 0 Å². The van der Waals surface area contributed by atoms with Crippen molar-refractivity contribution >= 4 is 17.4 Å². The number of aromatic hydroxyl groups is 1. The van der Waals surface area contributed by atoms with E-state index in [2.05, 4.69) is 0 Å². The lowest BCUT2D eigenvalue weighted by atomic mass is 10.2. The molecule has 6 heteroatoms. The van der Waals surface area contributed by atoms with Gasteiger partial charge in [0.15, 0.2) is 0 Å². The van der Waals surface area contributed by atoms with Crippen LogP contribution in [-0.4, -0.2) is 10.0 Å². The maximum Gasteiger partial charge on any atom is 0.288 e. The lowest BCUT2D eigenvalue weighted by molar-refractivity contribution is -0.385. The van der Waals surface area contributed by atoms with Gasteiger partial charge in [0, 0.05) is 11.0 Å². The van der Waals surface area contributed by atoms with Gasteiger partial charge in [0.1, 0.15) is 17.4 Å². The lowest BCUT2D eigenvalue weighted by Crippen LogP contribution is -1.92. The first-order chi connectivity index (χ1) is 9.11. The van der Waals surface area contributed by atoms with Crippen LogP contribution in [0.2, 0.25) is 0 Å². The number of nitro groups is 1. The van der Waals surface area contributed by atoms with Crippen molar-refractivity contribution in [1.82, 2.24) is 0 Å². The van der Waals surface area contributed by atoms with E-state index in [1.54, 1.807) is 36.4 Å². The fourth-order valence-corrected chi connectivity index (χ4v) is 2.37. The Bertz CT molecular complexity index is 680. The SMILES string of the molecule is N#Cc1ccc(Sc2ccccc2O)cc1[N+](=O)[O-]. The quantitative estimate of drug-likeness (QED) is 0.684. The van der Waals surface area contributed by atoms with Crippen molar-refractivity contribution in [3.63, 3.8) is 0 Å². The molecule has 2 rings (SSSR count). The molecule has 0 heterocycles. The third-order valence-electron chi connectivity index (χ3n) is 2.38. The van der Waals surface area contributed by atoms with Crippen LogP contribution >= 0.6 is 11.8 Å². The summed E-state index contributed by atoms with van der Waals surface area (Å²) in [4.78, 5) is 11.4. The van der Waals surface area contributed by atoms with Gasteiger partial charge in [0.25, 0.3) is 5.69 Å². The van der Waals surface area contributed by atoms with Gasteiger partial charge >= 0.3 is 0 Å². The Balaban J connectivity index is 2.38. The number of para-hydroxylation sites is 1. The molecule has 0 amide bonds. The summed E-state index contributed by atoms with van der Waals surface area (Å²) in [6.45, 7) is 0. The first-order valence-electron chi connectivity index (χ1n) is 5.26. The first kappa shape index (κ1) is 12.9. The number of rotatable bonds is 3. The van der Waals surface area contributed by atoms with E-state index < -0.39 is 4.92 Å². The van der Waals surface area contributed by atoms with Crippen LogP contribution in [0.5, 0.6) is 5.75 Å². The lowest BCUT2D eigenvalue weighted by Gasteiger charge is -2.04. The molecule has 2 aromatic rings. The maximum atomic E-state index is 10.8. The summed E-state index contributed by atoms with van der Waals surface area (Å²) in [7, 11) is 0. The van der Waals surface area contributed by atoms with Crippen molar-refractivity contribution in [2.75, 3.05) is 0 Å². The van der Waals surface area contributed by atoms with Crippen molar-refractivity contribution < 1.29 is 10.0 Å². The molecule has 0 unspecified atom stereocenters. The highest BCUT2D eigenvalue weighted by molar-refractivity contribution is 7.99. The predicted octanol–water partition coefficient (Wildman–Crippen LogP) is 3.32. The van der Waals surface area contributed by atoms with Gasteiger partial charge in [0.2, 0.25) is 0 Å². The van der Waals surface area contributed by atoms with Crippen molar-refractivity contribution in [3.05, 3.63) is 58.1 Å². The Morgan fingerprint density at radius 1 is 1.26 bits per heavy atom. The van der Waals surface area contributed by atoms with Crippen molar-refractivity contribution in [2.24, 2.45) is 0 Å². The molecule has 0 atom stereocenters. The number of nitriles is 1. The third kappa shape index (κ3) is 2.84. The Kier molecular flexibility index (Phi) is 3.68. The second kappa shape index (κ2) is 5.42.